The number of hydrogen-bond acceptors (Lipinski definition) is 4. The minimum atomic E-state index is -0.0425. The summed E-state index contributed by atoms with van der Waals surface area (Å²) in [6, 6.07) is 5.82. The largest absolute Gasteiger partial charge is 0.454 e. The Morgan fingerprint density at radius 2 is 1.96 bits per heavy atom. The Kier molecular flexibility index (Phi) is 6.64. The molecule has 2 amide bonds. The number of amides is 2. The van der Waals surface area contributed by atoms with E-state index >= 15 is 0 Å². The second-order valence-electron chi connectivity index (χ2n) is 6.63. The van der Waals surface area contributed by atoms with Crippen molar-refractivity contribution >= 4 is 11.8 Å². The fourth-order valence-electron chi connectivity index (χ4n) is 2.72. The topological polar surface area (TPSA) is 72.3 Å². The Morgan fingerprint density at radius 3 is 2.64 bits per heavy atom. The summed E-state index contributed by atoms with van der Waals surface area (Å²) in [6.07, 6.45) is 0. The van der Waals surface area contributed by atoms with Gasteiger partial charge < -0.3 is 24.6 Å². The fraction of sp³-hybridized carbons (Fsp3) is 0.556. The predicted octanol–water partition coefficient (Wildman–Crippen LogP) is -0.197. The van der Waals surface area contributed by atoms with E-state index in [1.54, 1.807) is 4.90 Å². The number of ether oxygens (including phenoxy) is 2. The second-order valence-corrected chi connectivity index (χ2v) is 6.63. The lowest BCUT2D eigenvalue weighted by molar-refractivity contribution is -0.863. The van der Waals surface area contributed by atoms with E-state index in [1.165, 1.54) is 0 Å². The van der Waals surface area contributed by atoms with Gasteiger partial charge in [0.25, 0.3) is 11.8 Å². The quantitative estimate of drug-likeness (QED) is 0.681. The molecule has 2 rings (SSSR count). The second kappa shape index (κ2) is 8.71. The van der Waals surface area contributed by atoms with Gasteiger partial charge in [0.05, 0.1) is 7.05 Å². The molecule has 0 radical (unpaired) electrons. The molecule has 25 heavy (non-hydrogen) atoms. The summed E-state index contributed by atoms with van der Waals surface area (Å²) >= 11 is 0. The van der Waals surface area contributed by atoms with Gasteiger partial charge in [-0.3, -0.25) is 9.59 Å². The van der Waals surface area contributed by atoms with Crippen LogP contribution in [0.25, 0.3) is 0 Å². The lowest BCUT2D eigenvalue weighted by Gasteiger charge is -2.23. The normalized spacial score (nSPS) is 13.6. The van der Waals surface area contributed by atoms with Crippen LogP contribution in [0.4, 0.5) is 0 Å². The summed E-state index contributed by atoms with van der Waals surface area (Å²) in [4.78, 5) is 27.0. The molecule has 0 aromatic heterocycles. The number of rotatable bonds is 8. The summed E-state index contributed by atoms with van der Waals surface area (Å²) in [6.45, 7) is 7.71. The van der Waals surface area contributed by atoms with Gasteiger partial charge in [-0.15, -0.1) is 0 Å². The average Bonchev–Trinajstić information content (AvgIpc) is 2.98. The van der Waals surface area contributed by atoms with Gasteiger partial charge in [0.15, 0.2) is 24.6 Å². The van der Waals surface area contributed by atoms with Crippen LogP contribution in [0.15, 0.2) is 18.2 Å². The average molecular weight is 350 g/mol. The van der Waals surface area contributed by atoms with Crippen LogP contribution in [0, 0.1) is 0 Å². The van der Waals surface area contributed by atoms with E-state index in [2.05, 4.69) is 5.32 Å². The van der Waals surface area contributed by atoms with Crippen molar-refractivity contribution in [1.29, 1.82) is 0 Å². The van der Waals surface area contributed by atoms with E-state index in [0.29, 0.717) is 18.8 Å². The van der Waals surface area contributed by atoms with E-state index < -0.39 is 0 Å². The van der Waals surface area contributed by atoms with Crippen LogP contribution in [0.1, 0.15) is 26.3 Å². The maximum absolute atomic E-state index is 12.5. The smallest absolute Gasteiger partial charge is 0.278 e. The number of fused-ring (bicyclic) bond motifs is 1. The third-order valence-electron chi connectivity index (χ3n) is 3.91. The first kappa shape index (κ1) is 19.1. The molecule has 7 heteroatoms. The maximum atomic E-state index is 12.5. The molecule has 0 aliphatic carbocycles. The number of carbonyl (C=O) groups is 2. The molecular weight excluding hydrogens is 322 g/mol. The van der Waals surface area contributed by atoms with Crippen LogP contribution >= 0.6 is 0 Å². The molecule has 1 aliphatic rings. The van der Waals surface area contributed by atoms with Crippen molar-refractivity contribution < 1.29 is 24.0 Å². The zero-order valence-corrected chi connectivity index (χ0v) is 15.4. The van der Waals surface area contributed by atoms with Gasteiger partial charge in [-0.1, -0.05) is 6.07 Å². The van der Waals surface area contributed by atoms with Crippen LogP contribution in [0.5, 0.6) is 11.5 Å². The highest BCUT2D eigenvalue weighted by Crippen LogP contribution is 2.32. The zero-order chi connectivity index (χ0) is 18.4. The van der Waals surface area contributed by atoms with Crippen LogP contribution in [-0.2, 0) is 16.1 Å². The Balaban J connectivity index is 1.88. The van der Waals surface area contributed by atoms with E-state index in [9.17, 15) is 9.59 Å². The molecule has 1 aromatic carbocycles. The molecule has 1 aromatic rings. The number of hydrogen-bond donors (Lipinski definition) is 2. The van der Waals surface area contributed by atoms with Crippen molar-refractivity contribution in [1.82, 2.24) is 10.2 Å². The molecule has 138 valence electrons. The fourth-order valence-corrected chi connectivity index (χ4v) is 2.72. The van der Waals surface area contributed by atoms with Gasteiger partial charge in [0.1, 0.15) is 0 Å². The third-order valence-corrected chi connectivity index (χ3v) is 3.91. The summed E-state index contributed by atoms with van der Waals surface area (Å²) < 4.78 is 10.7. The Hall–Kier alpha value is -2.28. The van der Waals surface area contributed by atoms with Gasteiger partial charge in [-0.05, 0) is 38.5 Å². The lowest BCUT2D eigenvalue weighted by Crippen LogP contribution is -3.11. The summed E-state index contributed by atoms with van der Waals surface area (Å²) in [5.74, 6) is 1.43. The Labute approximate surface area is 148 Å². The van der Waals surface area contributed by atoms with Gasteiger partial charge in [0.2, 0.25) is 6.79 Å². The number of nitrogens with one attached hydrogen (secondary N) is 2. The lowest BCUT2D eigenvalue weighted by atomic mass is 10.2. The van der Waals surface area contributed by atoms with Crippen LogP contribution < -0.4 is 19.7 Å². The first-order valence-corrected chi connectivity index (χ1v) is 8.66. The molecule has 0 saturated heterocycles. The van der Waals surface area contributed by atoms with Crippen molar-refractivity contribution in [2.24, 2.45) is 0 Å². The van der Waals surface area contributed by atoms with Crippen LogP contribution in [-0.4, -0.2) is 56.2 Å². The molecule has 1 atom stereocenters. The highest BCUT2D eigenvalue weighted by molar-refractivity contribution is 5.79. The standard InChI is InChI=1S/C18H27N3O4/c1-5-21(9-14-6-7-15-16(8-14)25-12-24-15)18(23)11-20(4)10-17(22)19-13(2)3/h6-8,13H,5,9-12H2,1-4H3,(H,19,22)/p+1. The van der Waals surface area contributed by atoms with Crippen molar-refractivity contribution in [3.63, 3.8) is 0 Å². The molecular formula is C18H28N3O4+. The van der Waals surface area contributed by atoms with Gasteiger partial charge in [-0.25, -0.2) is 0 Å². The van der Waals surface area contributed by atoms with Crippen molar-refractivity contribution in [3.05, 3.63) is 23.8 Å². The summed E-state index contributed by atoms with van der Waals surface area (Å²) in [7, 11) is 1.85. The molecule has 0 bridgehead atoms. The Bertz CT molecular complexity index is 618. The van der Waals surface area contributed by atoms with Crippen LogP contribution in [0.2, 0.25) is 0 Å². The molecule has 1 unspecified atom stereocenters. The number of benzene rings is 1. The molecule has 2 N–H and O–H groups in total. The predicted molar refractivity (Wildman–Crippen MR) is 93.6 cm³/mol. The number of likely N-dealkylation sites (N-methyl/N-ethyl adjacent to an activating group) is 2. The molecule has 1 aliphatic heterocycles. The zero-order valence-electron chi connectivity index (χ0n) is 15.4. The van der Waals surface area contributed by atoms with E-state index in [-0.39, 0.29) is 37.7 Å². The van der Waals surface area contributed by atoms with Gasteiger partial charge in [-0.2, -0.15) is 0 Å². The first-order chi connectivity index (χ1) is 11.9. The molecule has 0 fully saturated rings. The van der Waals surface area contributed by atoms with Crippen molar-refractivity contribution in [3.8, 4) is 11.5 Å². The van der Waals surface area contributed by atoms with Crippen molar-refractivity contribution in [2.45, 2.75) is 33.4 Å². The minimum Gasteiger partial charge on any atom is -0.454 e. The summed E-state index contributed by atoms with van der Waals surface area (Å²) in [5.41, 5.74) is 0.995. The number of nitrogens with zero attached hydrogens (tertiary/aromatic N) is 1. The van der Waals surface area contributed by atoms with E-state index in [1.807, 2.05) is 46.0 Å². The molecule has 1 heterocycles. The number of carbonyl (C=O) groups excluding carboxylic acids is 2. The first-order valence-electron chi connectivity index (χ1n) is 8.66. The number of quaternary nitrogens is 1. The third kappa shape index (κ3) is 5.63. The maximum Gasteiger partial charge on any atom is 0.278 e. The van der Waals surface area contributed by atoms with E-state index in [4.69, 9.17) is 9.47 Å². The molecule has 7 nitrogen and oxygen atoms in total. The monoisotopic (exact) mass is 350 g/mol. The summed E-state index contributed by atoms with van der Waals surface area (Å²) in [5, 5.41) is 2.84. The molecule has 0 spiro atoms. The highest BCUT2D eigenvalue weighted by atomic mass is 16.7. The highest BCUT2D eigenvalue weighted by Gasteiger charge is 2.20. The van der Waals surface area contributed by atoms with E-state index in [0.717, 1.165) is 16.2 Å². The van der Waals surface area contributed by atoms with Gasteiger partial charge >= 0.3 is 0 Å². The Morgan fingerprint density at radius 1 is 1.24 bits per heavy atom. The SMILES string of the molecule is CCN(Cc1ccc2c(c1)OCO2)C(=O)C[NH+](C)CC(=O)NC(C)C. The van der Waals surface area contributed by atoms with Crippen molar-refractivity contribution in [2.75, 3.05) is 33.5 Å². The molecule has 0 saturated carbocycles. The van der Waals surface area contributed by atoms with Gasteiger partial charge in [0, 0.05) is 19.1 Å². The van der Waals surface area contributed by atoms with Crippen LogP contribution in [0.3, 0.4) is 0 Å². The minimum absolute atomic E-state index is 0.0232.